The first-order valence-corrected chi connectivity index (χ1v) is 5.03. The summed E-state index contributed by atoms with van der Waals surface area (Å²) in [6.07, 6.45) is 4.36. The normalized spacial score (nSPS) is 31.1. The van der Waals surface area contributed by atoms with Crippen LogP contribution < -0.4 is 0 Å². The van der Waals surface area contributed by atoms with Crippen LogP contribution in [0.3, 0.4) is 0 Å². The van der Waals surface area contributed by atoms with Crippen molar-refractivity contribution < 1.29 is 14.3 Å². The highest BCUT2D eigenvalue weighted by atomic mass is 16.7. The summed E-state index contributed by atoms with van der Waals surface area (Å²) in [6, 6.07) is 0. The first kappa shape index (κ1) is 9.87. The van der Waals surface area contributed by atoms with Crippen LogP contribution in [0.1, 0.15) is 19.3 Å². The zero-order valence-corrected chi connectivity index (χ0v) is 8.66. The van der Waals surface area contributed by atoms with E-state index in [4.69, 9.17) is 9.47 Å². The predicted octanol–water partition coefficient (Wildman–Crippen LogP) is 1.53. The fourth-order valence-corrected chi connectivity index (χ4v) is 2.65. The molecule has 0 aliphatic heterocycles. The Morgan fingerprint density at radius 1 is 1.36 bits per heavy atom. The van der Waals surface area contributed by atoms with Crippen LogP contribution in [-0.2, 0) is 14.3 Å². The fourth-order valence-electron chi connectivity index (χ4n) is 2.65. The molecule has 1 saturated carbocycles. The highest BCUT2D eigenvalue weighted by Gasteiger charge is 2.40. The average Bonchev–Trinajstić information content (AvgIpc) is 2.68. The summed E-state index contributed by atoms with van der Waals surface area (Å²) in [5.74, 6) is 1.29. The Morgan fingerprint density at radius 2 is 2.07 bits per heavy atom. The molecule has 0 radical (unpaired) electrons. The van der Waals surface area contributed by atoms with Gasteiger partial charge < -0.3 is 9.47 Å². The maximum Gasteiger partial charge on any atom is 0.179 e. The van der Waals surface area contributed by atoms with Crippen LogP contribution in [0.15, 0.2) is 11.6 Å². The van der Waals surface area contributed by atoms with Gasteiger partial charge in [-0.2, -0.15) is 0 Å². The van der Waals surface area contributed by atoms with Crippen molar-refractivity contribution >= 4 is 5.78 Å². The minimum atomic E-state index is -0.254. The fraction of sp³-hybridized carbons (Fsp3) is 0.727. The van der Waals surface area contributed by atoms with Crippen LogP contribution in [0.2, 0.25) is 0 Å². The number of rotatable bonds is 3. The third-order valence-electron chi connectivity index (χ3n) is 3.29. The summed E-state index contributed by atoms with van der Waals surface area (Å²) in [4.78, 5) is 11.3. The van der Waals surface area contributed by atoms with Gasteiger partial charge in [-0.3, -0.25) is 4.79 Å². The van der Waals surface area contributed by atoms with Crippen LogP contribution in [0.5, 0.6) is 0 Å². The Bertz CT molecular complexity index is 266. The van der Waals surface area contributed by atoms with Gasteiger partial charge in [0.1, 0.15) is 5.78 Å². The lowest BCUT2D eigenvalue weighted by Crippen LogP contribution is -2.21. The minimum absolute atomic E-state index is 0.254. The maximum absolute atomic E-state index is 11.3. The van der Waals surface area contributed by atoms with E-state index >= 15 is 0 Å². The van der Waals surface area contributed by atoms with Crippen molar-refractivity contribution in [3.63, 3.8) is 0 Å². The summed E-state index contributed by atoms with van der Waals surface area (Å²) < 4.78 is 10.5. The second-order valence-electron chi connectivity index (χ2n) is 4.06. The third-order valence-corrected chi connectivity index (χ3v) is 3.29. The Balaban J connectivity index is 2.10. The van der Waals surface area contributed by atoms with Gasteiger partial charge in [0.2, 0.25) is 0 Å². The second-order valence-corrected chi connectivity index (χ2v) is 4.06. The number of methoxy groups -OCH3 is 2. The van der Waals surface area contributed by atoms with Gasteiger partial charge in [0, 0.05) is 27.1 Å². The summed E-state index contributed by atoms with van der Waals surface area (Å²) in [5.41, 5.74) is 1.17. The van der Waals surface area contributed by atoms with E-state index in [1.165, 1.54) is 5.57 Å². The smallest absolute Gasteiger partial charge is 0.179 e. The summed E-state index contributed by atoms with van der Waals surface area (Å²) in [6.45, 7) is 0. The molecule has 0 N–H and O–H groups in total. The van der Waals surface area contributed by atoms with E-state index in [9.17, 15) is 4.79 Å². The summed E-state index contributed by atoms with van der Waals surface area (Å²) in [7, 11) is 3.28. The quantitative estimate of drug-likeness (QED) is 0.507. The number of ether oxygens (including phenoxy) is 2. The third kappa shape index (κ3) is 1.51. The second kappa shape index (κ2) is 3.83. The van der Waals surface area contributed by atoms with E-state index in [0.717, 1.165) is 12.8 Å². The number of fused-ring (bicyclic) bond motifs is 1. The van der Waals surface area contributed by atoms with Crippen LogP contribution in [0.4, 0.5) is 0 Å². The SMILES string of the molecule is COC(OC)C1=CC[C@@H]2CC(=O)C[C@H]12. The molecule has 2 aliphatic rings. The molecule has 0 spiro atoms. The largest absolute Gasteiger partial charge is 0.352 e. The van der Waals surface area contributed by atoms with Gasteiger partial charge in [0.25, 0.3) is 0 Å². The van der Waals surface area contributed by atoms with Crippen LogP contribution in [-0.4, -0.2) is 26.3 Å². The van der Waals surface area contributed by atoms with Crippen LogP contribution in [0.25, 0.3) is 0 Å². The Labute approximate surface area is 84.1 Å². The van der Waals surface area contributed by atoms with E-state index < -0.39 is 0 Å². The molecule has 0 bridgehead atoms. The molecule has 0 amide bonds. The zero-order chi connectivity index (χ0) is 10.1. The Hall–Kier alpha value is -0.670. The molecule has 3 nitrogen and oxygen atoms in total. The molecule has 0 saturated heterocycles. The molecular weight excluding hydrogens is 180 g/mol. The van der Waals surface area contributed by atoms with Gasteiger partial charge >= 0.3 is 0 Å². The van der Waals surface area contributed by atoms with Crippen molar-refractivity contribution in [2.75, 3.05) is 14.2 Å². The molecule has 0 unspecified atom stereocenters. The lowest BCUT2D eigenvalue weighted by atomic mass is 9.94. The molecule has 3 heteroatoms. The van der Waals surface area contributed by atoms with E-state index in [1.807, 2.05) is 0 Å². The lowest BCUT2D eigenvalue weighted by molar-refractivity contribution is -0.117. The van der Waals surface area contributed by atoms with Gasteiger partial charge in [-0.05, 0) is 23.8 Å². The molecule has 0 heterocycles. The maximum atomic E-state index is 11.3. The zero-order valence-electron chi connectivity index (χ0n) is 8.66. The Kier molecular flexibility index (Phi) is 2.70. The molecule has 14 heavy (non-hydrogen) atoms. The van der Waals surface area contributed by atoms with E-state index in [1.54, 1.807) is 14.2 Å². The molecular formula is C11H16O3. The summed E-state index contributed by atoms with van der Waals surface area (Å²) >= 11 is 0. The molecule has 0 aromatic heterocycles. The molecule has 2 atom stereocenters. The van der Waals surface area contributed by atoms with Crippen LogP contribution in [0, 0.1) is 11.8 Å². The first-order valence-electron chi connectivity index (χ1n) is 5.03. The van der Waals surface area contributed by atoms with Crippen molar-refractivity contribution in [2.24, 2.45) is 11.8 Å². The van der Waals surface area contributed by atoms with Crippen LogP contribution >= 0.6 is 0 Å². The van der Waals surface area contributed by atoms with Gasteiger partial charge in [0.15, 0.2) is 6.29 Å². The van der Waals surface area contributed by atoms with Gasteiger partial charge in [-0.15, -0.1) is 0 Å². The number of carbonyl (C=O) groups excluding carboxylic acids is 1. The topological polar surface area (TPSA) is 35.5 Å². The number of Topliss-reactive ketones (excluding diaryl/α,β-unsaturated/α-hetero) is 1. The van der Waals surface area contributed by atoms with Gasteiger partial charge in [-0.25, -0.2) is 0 Å². The van der Waals surface area contributed by atoms with Crippen molar-refractivity contribution in [1.82, 2.24) is 0 Å². The van der Waals surface area contributed by atoms with Crippen molar-refractivity contribution in [1.29, 1.82) is 0 Å². The number of hydrogen-bond acceptors (Lipinski definition) is 3. The standard InChI is InChI=1S/C11H16O3/c1-13-11(14-2)9-4-3-7-5-8(12)6-10(7)9/h4,7,10-11H,3,5-6H2,1-2H3/t7-,10+/m1/s1. The Morgan fingerprint density at radius 3 is 2.71 bits per heavy atom. The molecule has 78 valence electrons. The van der Waals surface area contributed by atoms with Crippen molar-refractivity contribution in [2.45, 2.75) is 25.6 Å². The monoisotopic (exact) mass is 196 g/mol. The van der Waals surface area contributed by atoms with E-state index in [0.29, 0.717) is 24.0 Å². The highest BCUT2D eigenvalue weighted by molar-refractivity contribution is 5.82. The van der Waals surface area contributed by atoms with E-state index in [2.05, 4.69) is 6.08 Å². The molecule has 2 rings (SSSR count). The predicted molar refractivity (Wildman–Crippen MR) is 51.7 cm³/mol. The number of carbonyl (C=O) groups is 1. The van der Waals surface area contributed by atoms with Gasteiger partial charge in [0.05, 0.1) is 0 Å². The minimum Gasteiger partial charge on any atom is -0.352 e. The van der Waals surface area contributed by atoms with Gasteiger partial charge in [-0.1, -0.05) is 6.08 Å². The molecule has 0 aromatic rings. The molecule has 2 aliphatic carbocycles. The van der Waals surface area contributed by atoms with E-state index in [-0.39, 0.29) is 6.29 Å². The number of ketones is 1. The average molecular weight is 196 g/mol. The highest BCUT2D eigenvalue weighted by Crippen LogP contribution is 2.44. The van der Waals surface area contributed by atoms with Crippen molar-refractivity contribution in [3.05, 3.63) is 11.6 Å². The van der Waals surface area contributed by atoms with Crippen molar-refractivity contribution in [3.8, 4) is 0 Å². The first-order chi connectivity index (χ1) is 6.76. The molecule has 0 aromatic carbocycles. The summed E-state index contributed by atoms with van der Waals surface area (Å²) in [5, 5.41) is 0. The lowest BCUT2D eigenvalue weighted by Gasteiger charge is -2.20. The molecule has 1 fully saturated rings. The number of allylic oxidation sites excluding steroid dienone is 1. The number of hydrogen-bond donors (Lipinski definition) is 0.